The molecule has 0 saturated carbocycles. The van der Waals surface area contributed by atoms with Crippen LogP contribution in [0.4, 0.5) is 11.4 Å². The first-order valence-corrected chi connectivity index (χ1v) is 16.9. The van der Waals surface area contributed by atoms with E-state index in [-0.39, 0.29) is 24.2 Å². The predicted molar refractivity (Wildman–Crippen MR) is 206 cm³/mol. The zero-order valence-electron chi connectivity index (χ0n) is 28.3. The van der Waals surface area contributed by atoms with Gasteiger partial charge in [0.1, 0.15) is 35.7 Å². The highest BCUT2D eigenvalue weighted by Gasteiger charge is 2.17. The van der Waals surface area contributed by atoms with Gasteiger partial charge in [-0.25, -0.2) is 9.98 Å². The molecule has 0 bridgehead atoms. The Morgan fingerprint density at radius 1 is 0.569 bits per heavy atom. The normalized spacial score (nSPS) is 11.0. The third kappa shape index (κ3) is 9.32. The zero-order chi connectivity index (χ0) is 35.3. The lowest BCUT2D eigenvalue weighted by Crippen LogP contribution is -2.24. The molecule has 0 fully saturated rings. The van der Waals surface area contributed by atoms with Gasteiger partial charge in [0.05, 0.1) is 22.5 Å². The van der Waals surface area contributed by atoms with Crippen LogP contribution in [-0.2, 0) is 0 Å². The molecule has 0 amide bonds. The van der Waals surface area contributed by atoms with Gasteiger partial charge < -0.3 is 19.7 Å². The largest absolute Gasteiger partial charge is 0.507 e. The first kappa shape index (κ1) is 34.3. The lowest BCUT2D eigenvalue weighted by molar-refractivity contribution is 0.120. The summed E-state index contributed by atoms with van der Waals surface area (Å²) in [6, 6.07) is 49.0. The SMILES string of the molecule is CCCC(COc1ccc(O)c(C(=C=Nc2ccccc2)c2ccccc2)c1)Oc1ccc(O)c(C(=C=Nc2ccccc2)c2ccccc2)c1. The molecule has 51 heavy (non-hydrogen) atoms. The fourth-order valence-electron chi connectivity index (χ4n) is 5.49. The number of hydrogen-bond donors (Lipinski definition) is 2. The number of aliphatic imine (C=N–C) groups is 2. The molecule has 1 atom stereocenters. The van der Waals surface area contributed by atoms with Gasteiger partial charge in [-0.2, -0.15) is 0 Å². The van der Waals surface area contributed by atoms with Crippen LogP contribution in [0, 0.1) is 0 Å². The first-order chi connectivity index (χ1) is 25.1. The third-order valence-electron chi connectivity index (χ3n) is 8.05. The Hall–Kier alpha value is -6.58. The van der Waals surface area contributed by atoms with E-state index >= 15 is 0 Å². The molecular weight excluding hydrogens is 633 g/mol. The zero-order valence-corrected chi connectivity index (χ0v) is 28.3. The van der Waals surface area contributed by atoms with Gasteiger partial charge in [0.2, 0.25) is 0 Å². The molecule has 1 unspecified atom stereocenters. The molecule has 2 N–H and O–H groups in total. The Bertz CT molecular complexity index is 2170. The van der Waals surface area contributed by atoms with Crippen LogP contribution in [0.15, 0.2) is 168 Å². The second kappa shape index (κ2) is 17.2. The fraction of sp³-hybridized carbons (Fsp3) is 0.111. The van der Waals surface area contributed by atoms with Crippen molar-refractivity contribution in [3.05, 3.63) is 180 Å². The summed E-state index contributed by atoms with van der Waals surface area (Å²) >= 11 is 0. The molecule has 6 rings (SSSR count). The molecule has 6 heteroatoms. The van der Waals surface area contributed by atoms with Crippen molar-refractivity contribution < 1.29 is 19.7 Å². The lowest BCUT2D eigenvalue weighted by atomic mass is 9.98. The molecule has 6 nitrogen and oxygen atoms in total. The number of phenols is 2. The molecule has 6 aromatic carbocycles. The Balaban J connectivity index is 1.26. The number of rotatable bonds is 13. The Morgan fingerprint density at radius 3 is 1.47 bits per heavy atom. The van der Waals surface area contributed by atoms with E-state index in [1.165, 1.54) is 0 Å². The molecule has 0 saturated heterocycles. The van der Waals surface area contributed by atoms with E-state index in [0.29, 0.717) is 33.8 Å². The van der Waals surface area contributed by atoms with Gasteiger partial charge in [0, 0.05) is 11.1 Å². The molecule has 6 aromatic rings. The van der Waals surface area contributed by atoms with Gasteiger partial charge in [-0.3, -0.25) is 0 Å². The van der Waals surface area contributed by atoms with Crippen LogP contribution >= 0.6 is 0 Å². The quantitative estimate of drug-likeness (QED) is 0.120. The molecule has 252 valence electrons. The van der Waals surface area contributed by atoms with Crippen molar-refractivity contribution in [2.24, 2.45) is 9.98 Å². The second-order valence-electron chi connectivity index (χ2n) is 11.8. The predicted octanol–water partition coefficient (Wildman–Crippen LogP) is 10.6. The number of phenolic OH excluding ortho intramolecular Hbond substituents is 2. The van der Waals surface area contributed by atoms with E-state index in [0.717, 1.165) is 35.3 Å². The number of benzene rings is 6. The number of ether oxygens (including phenoxy) is 2. The summed E-state index contributed by atoms with van der Waals surface area (Å²) in [5.41, 5.74) is 5.60. The Kier molecular flexibility index (Phi) is 11.6. The Labute approximate surface area is 298 Å². The summed E-state index contributed by atoms with van der Waals surface area (Å²) in [6.07, 6.45) is 1.31. The number of nitrogens with zero attached hydrogens (tertiary/aromatic N) is 2. The summed E-state index contributed by atoms with van der Waals surface area (Å²) in [4.78, 5) is 9.12. The summed E-state index contributed by atoms with van der Waals surface area (Å²) < 4.78 is 12.8. The topological polar surface area (TPSA) is 83.6 Å². The molecule has 0 spiro atoms. The van der Waals surface area contributed by atoms with Crippen molar-refractivity contribution in [1.29, 1.82) is 0 Å². The number of para-hydroxylation sites is 2. The second-order valence-corrected chi connectivity index (χ2v) is 11.8. The molecular formula is C45H38N2O4. The first-order valence-electron chi connectivity index (χ1n) is 16.9. The minimum Gasteiger partial charge on any atom is -0.507 e. The van der Waals surface area contributed by atoms with E-state index in [9.17, 15) is 10.2 Å². The molecule has 0 heterocycles. The van der Waals surface area contributed by atoms with E-state index in [1.54, 1.807) is 30.3 Å². The van der Waals surface area contributed by atoms with Crippen LogP contribution < -0.4 is 9.47 Å². The van der Waals surface area contributed by atoms with Crippen molar-refractivity contribution >= 4 is 34.3 Å². The monoisotopic (exact) mass is 670 g/mol. The Morgan fingerprint density at radius 2 is 1.00 bits per heavy atom. The van der Waals surface area contributed by atoms with Gasteiger partial charge in [-0.1, -0.05) is 110 Å². The van der Waals surface area contributed by atoms with Crippen LogP contribution in [0.2, 0.25) is 0 Å². The molecule has 0 aliphatic rings. The highest BCUT2D eigenvalue weighted by atomic mass is 16.5. The number of hydrogen-bond acceptors (Lipinski definition) is 6. The van der Waals surface area contributed by atoms with E-state index in [2.05, 4.69) is 28.6 Å². The maximum Gasteiger partial charge on any atom is 0.133 e. The van der Waals surface area contributed by atoms with Crippen LogP contribution in [0.5, 0.6) is 23.0 Å². The van der Waals surface area contributed by atoms with E-state index in [4.69, 9.17) is 9.47 Å². The summed E-state index contributed by atoms with van der Waals surface area (Å²) in [5.74, 6) is 7.68. The van der Waals surface area contributed by atoms with Crippen LogP contribution in [-0.4, -0.2) is 34.7 Å². The van der Waals surface area contributed by atoms with Gasteiger partial charge in [0.15, 0.2) is 0 Å². The fourth-order valence-corrected chi connectivity index (χ4v) is 5.49. The third-order valence-corrected chi connectivity index (χ3v) is 8.05. The van der Waals surface area contributed by atoms with Crippen molar-refractivity contribution in [2.75, 3.05) is 6.61 Å². The maximum absolute atomic E-state index is 11.0. The van der Waals surface area contributed by atoms with Crippen molar-refractivity contribution in [3.63, 3.8) is 0 Å². The molecule has 0 aromatic heterocycles. The van der Waals surface area contributed by atoms with Gasteiger partial charge in [0.25, 0.3) is 0 Å². The van der Waals surface area contributed by atoms with Crippen LogP contribution in [0.25, 0.3) is 11.1 Å². The smallest absolute Gasteiger partial charge is 0.133 e. The standard InChI is InChI=1S/C45H38N2O4/c1-2-15-39(51-38-25-27-45(49)41(29-38)43(34-18-9-4-10-19-34)31-47-36-22-13-6-14-23-36)32-50-37-24-26-44(48)40(28-37)42(33-16-7-3-8-17-33)30-46-35-20-11-5-12-21-35/h3-14,16-29,39,48-49H,2,15,32H2,1H3. The number of aromatic hydroxyl groups is 2. The van der Waals surface area contributed by atoms with Crippen molar-refractivity contribution in [1.82, 2.24) is 0 Å². The van der Waals surface area contributed by atoms with Gasteiger partial charge >= 0.3 is 0 Å². The minimum absolute atomic E-state index is 0.0908. The highest BCUT2D eigenvalue weighted by Crippen LogP contribution is 2.34. The molecule has 0 aliphatic heterocycles. The van der Waals surface area contributed by atoms with Gasteiger partial charge in [-0.05, 0) is 90.0 Å². The summed E-state index contributed by atoms with van der Waals surface area (Å²) in [7, 11) is 0. The van der Waals surface area contributed by atoms with E-state index < -0.39 is 0 Å². The minimum atomic E-state index is -0.296. The van der Waals surface area contributed by atoms with Crippen molar-refractivity contribution in [2.45, 2.75) is 25.9 Å². The van der Waals surface area contributed by atoms with Crippen LogP contribution in [0.1, 0.15) is 42.0 Å². The average molecular weight is 671 g/mol. The maximum atomic E-state index is 11.0. The molecule has 0 aliphatic carbocycles. The van der Waals surface area contributed by atoms with Crippen LogP contribution in [0.3, 0.4) is 0 Å². The highest BCUT2D eigenvalue weighted by molar-refractivity contribution is 6.02. The van der Waals surface area contributed by atoms with Gasteiger partial charge in [-0.15, -0.1) is 0 Å². The van der Waals surface area contributed by atoms with Crippen molar-refractivity contribution in [3.8, 4) is 23.0 Å². The summed E-state index contributed by atoms with van der Waals surface area (Å²) in [5, 5.41) is 22.0. The lowest BCUT2D eigenvalue weighted by Gasteiger charge is -2.20. The summed E-state index contributed by atoms with van der Waals surface area (Å²) in [6.45, 7) is 2.35. The average Bonchev–Trinajstić information content (AvgIpc) is 3.18. The molecule has 0 radical (unpaired) electrons. The van der Waals surface area contributed by atoms with E-state index in [1.807, 2.05) is 127 Å².